The first kappa shape index (κ1) is 13.3. The molecule has 0 fully saturated rings. The summed E-state index contributed by atoms with van der Waals surface area (Å²) in [6.45, 7) is 3.88. The number of hydrogen-bond donors (Lipinski definition) is 0. The van der Waals surface area contributed by atoms with E-state index in [1.807, 2.05) is 6.07 Å². The van der Waals surface area contributed by atoms with Crippen molar-refractivity contribution in [3.63, 3.8) is 0 Å². The standard InChI is InChI=1S/C12H12BrClO2/c1-3-16-12(15)8(2)6-9-4-5-10(14)7-11(9)13/h4-7H,3H2,1-2H3/b8-6+. The first-order valence-corrected chi connectivity index (χ1v) is 6.02. The van der Waals surface area contributed by atoms with E-state index in [9.17, 15) is 4.79 Å². The highest BCUT2D eigenvalue weighted by molar-refractivity contribution is 9.10. The molecule has 16 heavy (non-hydrogen) atoms. The lowest BCUT2D eigenvalue weighted by Crippen LogP contribution is -2.04. The topological polar surface area (TPSA) is 26.3 Å². The summed E-state index contributed by atoms with van der Waals surface area (Å²) in [7, 11) is 0. The minimum absolute atomic E-state index is 0.302. The summed E-state index contributed by atoms with van der Waals surface area (Å²) >= 11 is 9.21. The molecule has 0 unspecified atom stereocenters. The Labute approximate surface area is 108 Å². The van der Waals surface area contributed by atoms with Crippen LogP contribution in [0.25, 0.3) is 6.08 Å². The number of esters is 1. The van der Waals surface area contributed by atoms with E-state index in [1.165, 1.54) is 0 Å². The maximum atomic E-state index is 11.4. The van der Waals surface area contributed by atoms with Crippen molar-refractivity contribution in [2.45, 2.75) is 13.8 Å². The number of halogens is 2. The second-order valence-electron chi connectivity index (χ2n) is 3.21. The second-order valence-corrected chi connectivity index (χ2v) is 4.50. The van der Waals surface area contributed by atoms with Crippen LogP contribution in [0.4, 0.5) is 0 Å². The molecule has 1 aromatic rings. The molecule has 0 saturated carbocycles. The highest BCUT2D eigenvalue weighted by Crippen LogP contribution is 2.23. The molecule has 0 radical (unpaired) electrons. The van der Waals surface area contributed by atoms with E-state index in [1.54, 1.807) is 32.1 Å². The number of benzene rings is 1. The molecule has 86 valence electrons. The van der Waals surface area contributed by atoms with Crippen LogP contribution < -0.4 is 0 Å². The summed E-state index contributed by atoms with van der Waals surface area (Å²) in [4.78, 5) is 11.4. The Morgan fingerprint density at radius 2 is 2.25 bits per heavy atom. The first-order valence-electron chi connectivity index (χ1n) is 4.85. The van der Waals surface area contributed by atoms with Crippen molar-refractivity contribution in [1.82, 2.24) is 0 Å². The van der Waals surface area contributed by atoms with Crippen LogP contribution in [0.2, 0.25) is 5.02 Å². The lowest BCUT2D eigenvalue weighted by molar-refractivity contribution is -0.138. The van der Waals surface area contributed by atoms with E-state index >= 15 is 0 Å². The molecule has 4 heteroatoms. The van der Waals surface area contributed by atoms with Crippen LogP contribution >= 0.6 is 27.5 Å². The minimum Gasteiger partial charge on any atom is -0.463 e. The largest absolute Gasteiger partial charge is 0.463 e. The third-order valence-electron chi connectivity index (χ3n) is 1.93. The molecule has 1 rings (SSSR count). The van der Waals surface area contributed by atoms with Gasteiger partial charge in [-0.2, -0.15) is 0 Å². The highest BCUT2D eigenvalue weighted by Gasteiger charge is 2.06. The van der Waals surface area contributed by atoms with Crippen molar-refractivity contribution in [3.05, 3.63) is 38.8 Å². The quantitative estimate of drug-likeness (QED) is 0.621. The van der Waals surface area contributed by atoms with Crippen molar-refractivity contribution < 1.29 is 9.53 Å². The number of rotatable bonds is 3. The molecule has 0 aliphatic carbocycles. The van der Waals surface area contributed by atoms with Gasteiger partial charge in [-0.1, -0.05) is 33.6 Å². The Hall–Kier alpha value is -0.800. The van der Waals surface area contributed by atoms with Gasteiger partial charge in [0.05, 0.1) is 6.61 Å². The molecule has 0 spiro atoms. The zero-order valence-corrected chi connectivity index (χ0v) is 11.4. The summed E-state index contributed by atoms with van der Waals surface area (Å²) in [5.74, 6) is -0.302. The fourth-order valence-electron chi connectivity index (χ4n) is 1.16. The Morgan fingerprint density at radius 1 is 1.56 bits per heavy atom. The molecular formula is C12H12BrClO2. The predicted octanol–water partition coefficient (Wildman–Crippen LogP) is 4.07. The van der Waals surface area contributed by atoms with Crippen molar-refractivity contribution >= 4 is 39.6 Å². The molecule has 2 nitrogen and oxygen atoms in total. The van der Waals surface area contributed by atoms with Crippen LogP contribution in [0.3, 0.4) is 0 Å². The van der Waals surface area contributed by atoms with Gasteiger partial charge in [-0.3, -0.25) is 0 Å². The van der Waals surface area contributed by atoms with Crippen molar-refractivity contribution in [2.24, 2.45) is 0 Å². The smallest absolute Gasteiger partial charge is 0.333 e. The van der Waals surface area contributed by atoms with Gasteiger partial charge in [-0.05, 0) is 37.6 Å². The van der Waals surface area contributed by atoms with Gasteiger partial charge < -0.3 is 4.74 Å². The molecule has 0 aliphatic rings. The molecule has 0 bridgehead atoms. The van der Waals surface area contributed by atoms with Crippen LogP contribution in [0, 0.1) is 0 Å². The Bertz CT molecular complexity index is 427. The van der Waals surface area contributed by atoms with Crippen LogP contribution in [0.1, 0.15) is 19.4 Å². The number of hydrogen-bond acceptors (Lipinski definition) is 2. The van der Waals surface area contributed by atoms with Gasteiger partial charge >= 0.3 is 5.97 Å². The molecule has 0 heterocycles. The Balaban J connectivity index is 2.94. The van der Waals surface area contributed by atoms with E-state index in [0.29, 0.717) is 17.2 Å². The van der Waals surface area contributed by atoms with Gasteiger partial charge in [0.1, 0.15) is 0 Å². The predicted molar refractivity (Wildman–Crippen MR) is 69.4 cm³/mol. The van der Waals surface area contributed by atoms with E-state index < -0.39 is 0 Å². The fraction of sp³-hybridized carbons (Fsp3) is 0.250. The monoisotopic (exact) mass is 302 g/mol. The highest BCUT2D eigenvalue weighted by atomic mass is 79.9. The molecular weight excluding hydrogens is 291 g/mol. The average Bonchev–Trinajstić information content (AvgIpc) is 2.22. The van der Waals surface area contributed by atoms with Crippen molar-refractivity contribution in [1.29, 1.82) is 0 Å². The van der Waals surface area contributed by atoms with E-state index in [4.69, 9.17) is 16.3 Å². The normalized spacial score (nSPS) is 11.4. The molecule has 1 aromatic carbocycles. The van der Waals surface area contributed by atoms with Gasteiger partial charge in [0.25, 0.3) is 0 Å². The van der Waals surface area contributed by atoms with E-state index in [0.717, 1.165) is 10.0 Å². The Kier molecular flexibility index (Phi) is 5.03. The minimum atomic E-state index is -0.302. The van der Waals surface area contributed by atoms with Crippen LogP contribution in [-0.4, -0.2) is 12.6 Å². The van der Waals surface area contributed by atoms with Gasteiger partial charge in [0.15, 0.2) is 0 Å². The molecule has 0 saturated heterocycles. The zero-order valence-electron chi connectivity index (χ0n) is 9.09. The number of carbonyl (C=O) groups excluding carboxylic acids is 1. The van der Waals surface area contributed by atoms with Crippen molar-refractivity contribution in [2.75, 3.05) is 6.61 Å². The van der Waals surface area contributed by atoms with Crippen molar-refractivity contribution in [3.8, 4) is 0 Å². The molecule has 0 aliphatic heterocycles. The molecule has 0 atom stereocenters. The zero-order chi connectivity index (χ0) is 12.1. The first-order chi connectivity index (χ1) is 7.54. The molecule has 0 aromatic heterocycles. The summed E-state index contributed by atoms with van der Waals surface area (Å²) < 4.78 is 5.74. The van der Waals surface area contributed by atoms with E-state index in [2.05, 4.69) is 15.9 Å². The second kappa shape index (κ2) is 6.06. The third-order valence-corrected chi connectivity index (χ3v) is 2.85. The molecule has 0 amide bonds. The molecule has 0 N–H and O–H groups in total. The van der Waals surface area contributed by atoms with E-state index in [-0.39, 0.29) is 5.97 Å². The van der Waals surface area contributed by atoms with Crippen LogP contribution in [0.5, 0.6) is 0 Å². The summed E-state index contributed by atoms with van der Waals surface area (Å²) in [6, 6.07) is 5.40. The van der Waals surface area contributed by atoms with Gasteiger partial charge in [-0.25, -0.2) is 4.79 Å². The average molecular weight is 304 g/mol. The lowest BCUT2D eigenvalue weighted by Gasteiger charge is -2.03. The van der Waals surface area contributed by atoms with Gasteiger partial charge in [0.2, 0.25) is 0 Å². The van der Waals surface area contributed by atoms with Crippen LogP contribution in [0.15, 0.2) is 28.2 Å². The summed E-state index contributed by atoms with van der Waals surface area (Å²) in [5, 5.41) is 0.651. The lowest BCUT2D eigenvalue weighted by atomic mass is 10.1. The number of ether oxygens (including phenoxy) is 1. The Morgan fingerprint density at radius 3 is 2.81 bits per heavy atom. The number of carbonyl (C=O) groups is 1. The van der Waals surface area contributed by atoms with Crippen LogP contribution in [-0.2, 0) is 9.53 Å². The summed E-state index contributed by atoms with van der Waals surface area (Å²) in [5.41, 5.74) is 1.46. The third kappa shape index (κ3) is 3.65. The van der Waals surface area contributed by atoms with Gasteiger partial charge in [0, 0.05) is 15.1 Å². The SMILES string of the molecule is CCOC(=O)/C(C)=C/c1ccc(Cl)cc1Br. The maximum Gasteiger partial charge on any atom is 0.333 e. The van der Waals surface area contributed by atoms with Gasteiger partial charge in [-0.15, -0.1) is 0 Å². The maximum absolute atomic E-state index is 11.4. The fourth-order valence-corrected chi connectivity index (χ4v) is 1.95. The summed E-state index contributed by atoms with van der Waals surface area (Å²) in [6.07, 6.45) is 1.76.